The summed E-state index contributed by atoms with van der Waals surface area (Å²) in [6.07, 6.45) is 6.65. The van der Waals surface area contributed by atoms with Crippen molar-refractivity contribution in [3.63, 3.8) is 0 Å². The standard InChI is InChI=1S/C24H19N7O3/c1-14-20(23(32)28-17-5-3-9-26-12-17)21(15-6-7-18-19(10-15)34-13-33-18)31-24(27-14)29-22(30-31)16-4-2-8-25-11-16/h2-12,21H,13H2,1H3,(H,28,32)(H,27,29,30). The Hall–Kier alpha value is -4.73. The maximum Gasteiger partial charge on any atom is 0.255 e. The van der Waals surface area contributed by atoms with Gasteiger partial charge in [-0.15, -0.1) is 5.10 Å². The Bertz CT molecular complexity index is 1420. The van der Waals surface area contributed by atoms with Gasteiger partial charge >= 0.3 is 0 Å². The molecule has 2 N–H and O–H groups in total. The summed E-state index contributed by atoms with van der Waals surface area (Å²) in [5.74, 6) is 2.04. The fourth-order valence-corrected chi connectivity index (χ4v) is 4.09. The summed E-state index contributed by atoms with van der Waals surface area (Å²) in [6, 6.07) is 12.3. The van der Waals surface area contributed by atoms with Crippen LogP contribution in [-0.2, 0) is 4.79 Å². The molecule has 6 rings (SSSR count). The summed E-state index contributed by atoms with van der Waals surface area (Å²) in [5, 5.41) is 10.9. The number of anilines is 2. The van der Waals surface area contributed by atoms with Crippen molar-refractivity contribution in [2.75, 3.05) is 17.4 Å². The summed E-state index contributed by atoms with van der Waals surface area (Å²) in [4.78, 5) is 26.4. The molecular formula is C24H19N7O3. The van der Waals surface area contributed by atoms with E-state index in [-0.39, 0.29) is 12.7 Å². The van der Waals surface area contributed by atoms with Gasteiger partial charge in [-0.1, -0.05) is 6.07 Å². The van der Waals surface area contributed by atoms with Gasteiger partial charge in [0.2, 0.25) is 12.7 Å². The van der Waals surface area contributed by atoms with E-state index in [9.17, 15) is 4.79 Å². The number of hydrogen-bond donors (Lipinski definition) is 2. The number of amides is 1. The third-order valence-corrected chi connectivity index (χ3v) is 5.65. The van der Waals surface area contributed by atoms with Crippen LogP contribution in [0, 0.1) is 0 Å². The largest absolute Gasteiger partial charge is 0.454 e. The van der Waals surface area contributed by atoms with Gasteiger partial charge < -0.3 is 20.1 Å². The second kappa shape index (κ2) is 8.00. The van der Waals surface area contributed by atoms with E-state index in [4.69, 9.17) is 14.6 Å². The van der Waals surface area contributed by atoms with E-state index in [1.54, 1.807) is 41.6 Å². The molecule has 0 radical (unpaired) electrons. The Morgan fingerprint density at radius 3 is 2.71 bits per heavy atom. The number of ether oxygens (including phenoxy) is 2. The first-order valence-electron chi connectivity index (χ1n) is 10.6. The van der Waals surface area contributed by atoms with Crippen LogP contribution in [0.5, 0.6) is 11.5 Å². The predicted molar refractivity (Wildman–Crippen MR) is 123 cm³/mol. The Balaban J connectivity index is 1.47. The molecule has 10 nitrogen and oxygen atoms in total. The molecule has 1 unspecified atom stereocenters. The minimum atomic E-state index is -0.555. The van der Waals surface area contributed by atoms with Crippen LogP contribution in [0.25, 0.3) is 11.4 Å². The summed E-state index contributed by atoms with van der Waals surface area (Å²) < 4.78 is 12.8. The Morgan fingerprint density at radius 2 is 1.91 bits per heavy atom. The van der Waals surface area contributed by atoms with E-state index < -0.39 is 6.04 Å². The molecule has 0 spiro atoms. The van der Waals surface area contributed by atoms with E-state index in [0.717, 1.165) is 11.1 Å². The zero-order valence-corrected chi connectivity index (χ0v) is 18.1. The van der Waals surface area contributed by atoms with Crippen LogP contribution in [0.1, 0.15) is 18.5 Å². The zero-order valence-electron chi connectivity index (χ0n) is 18.1. The van der Waals surface area contributed by atoms with Gasteiger partial charge in [-0.2, -0.15) is 4.98 Å². The lowest BCUT2D eigenvalue weighted by molar-refractivity contribution is -0.113. The first-order valence-corrected chi connectivity index (χ1v) is 10.6. The molecule has 1 amide bonds. The van der Waals surface area contributed by atoms with Crippen molar-refractivity contribution in [3.8, 4) is 22.9 Å². The molecule has 0 fully saturated rings. The van der Waals surface area contributed by atoms with Gasteiger partial charge in [-0.05, 0) is 48.9 Å². The molecule has 10 heteroatoms. The number of carbonyl (C=O) groups excluding carboxylic acids is 1. The molecule has 2 aliphatic rings. The van der Waals surface area contributed by atoms with Crippen molar-refractivity contribution in [2.24, 2.45) is 0 Å². The second-order valence-electron chi connectivity index (χ2n) is 7.82. The Morgan fingerprint density at radius 1 is 1.09 bits per heavy atom. The van der Waals surface area contributed by atoms with Gasteiger partial charge in [0, 0.05) is 29.9 Å². The normalized spacial score (nSPS) is 16.1. The van der Waals surface area contributed by atoms with Crippen molar-refractivity contribution in [1.29, 1.82) is 0 Å². The number of benzene rings is 1. The summed E-state index contributed by atoms with van der Waals surface area (Å²) in [7, 11) is 0. The summed E-state index contributed by atoms with van der Waals surface area (Å²) >= 11 is 0. The molecule has 1 atom stereocenters. The van der Waals surface area contributed by atoms with E-state index >= 15 is 0 Å². The third kappa shape index (κ3) is 3.41. The molecule has 4 aromatic rings. The van der Waals surface area contributed by atoms with Crippen LogP contribution in [-0.4, -0.2) is 37.4 Å². The lowest BCUT2D eigenvalue weighted by Crippen LogP contribution is -2.31. The predicted octanol–water partition coefficient (Wildman–Crippen LogP) is 3.39. The van der Waals surface area contributed by atoms with Crippen LogP contribution >= 0.6 is 0 Å². The van der Waals surface area contributed by atoms with Crippen LogP contribution < -0.4 is 20.1 Å². The van der Waals surface area contributed by atoms with E-state index in [1.165, 1.54) is 0 Å². The molecule has 0 aliphatic carbocycles. The van der Waals surface area contributed by atoms with Gasteiger partial charge in [0.25, 0.3) is 5.91 Å². The fourth-order valence-electron chi connectivity index (χ4n) is 4.09. The molecule has 1 aromatic carbocycles. The number of fused-ring (bicyclic) bond motifs is 2. The fraction of sp³-hybridized carbons (Fsp3) is 0.125. The van der Waals surface area contributed by atoms with Crippen LogP contribution in [0.3, 0.4) is 0 Å². The number of aromatic nitrogens is 5. The molecule has 0 saturated heterocycles. The molecule has 0 saturated carbocycles. The lowest BCUT2D eigenvalue weighted by Gasteiger charge is -2.28. The van der Waals surface area contributed by atoms with Gasteiger partial charge in [0.05, 0.1) is 17.5 Å². The van der Waals surface area contributed by atoms with Crippen LogP contribution in [0.4, 0.5) is 11.6 Å². The minimum Gasteiger partial charge on any atom is -0.454 e. The van der Waals surface area contributed by atoms with E-state index in [2.05, 4.69) is 25.6 Å². The highest BCUT2D eigenvalue weighted by molar-refractivity contribution is 6.06. The molecule has 34 heavy (non-hydrogen) atoms. The molecule has 5 heterocycles. The number of nitrogens with zero attached hydrogens (tertiary/aromatic N) is 5. The van der Waals surface area contributed by atoms with Crippen molar-refractivity contribution in [2.45, 2.75) is 13.0 Å². The number of rotatable bonds is 4. The molecule has 3 aromatic heterocycles. The zero-order chi connectivity index (χ0) is 23.1. The molecule has 168 valence electrons. The number of nitrogens with one attached hydrogen (secondary N) is 2. The van der Waals surface area contributed by atoms with Gasteiger partial charge in [0.15, 0.2) is 17.3 Å². The van der Waals surface area contributed by atoms with Crippen molar-refractivity contribution < 1.29 is 14.3 Å². The van der Waals surface area contributed by atoms with Crippen molar-refractivity contribution >= 4 is 17.5 Å². The molecule has 0 bridgehead atoms. The van der Waals surface area contributed by atoms with Gasteiger partial charge in [-0.25, -0.2) is 4.68 Å². The van der Waals surface area contributed by atoms with Crippen molar-refractivity contribution in [1.82, 2.24) is 24.7 Å². The Labute approximate surface area is 194 Å². The van der Waals surface area contributed by atoms with E-state index in [0.29, 0.717) is 40.2 Å². The number of pyridine rings is 2. The highest BCUT2D eigenvalue weighted by Gasteiger charge is 2.35. The smallest absolute Gasteiger partial charge is 0.255 e. The number of hydrogen-bond acceptors (Lipinski definition) is 8. The monoisotopic (exact) mass is 453 g/mol. The second-order valence-corrected chi connectivity index (χ2v) is 7.82. The Kier molecular flexibility index (Phi) is 4.69. The average molecular weight is 453 g/mol. The number of allylic oxidation sites excluding steroid dienone is 1. The summed E-state index contributed by atoms with van der Waals surface area (Å²) in [5.41, 5.74) is 3.34. The highest BCUT2D eigenvalue weighted by Crippen LogP contribution is 2.41. The SMILES string of the molecule is CC1=C(C(=O)Nc2cccnc2)C(c2ccc3c(c2)OCO3)n2nc(-c3cccnc3)nc2N1. The lowest BCUT2D eigenvalue weighted by atomic mass is 9.94. The number of carbonyl (C=O) groups is 1. The van der Waals surface area contributed by atoms with Gasteiger partial charge in [-0.3, -0.25) is 14.8 Å². The minimum absolute atomic E-state index is 0.161. The first-order chi connectivity index (χ1) is 16.7. The van der Waals surface area contributed by atoms with Gasteiger partial charge in [0.1, 0.15) is 6.04 Å². The van der Waals surface area contributed by atoms with Crippen LogP contribution in [0.15, 0.2) is 78.5 Å². The van der Waals surface area contributed by atoms with Crippen LogP contribution in [0.2, 0.25) is 0 Å². The molecule has 2 aliphatic heterocycles. The average Bonchev–Trinajstić information content (AvgIpc) is 3.50. The third-order valence-electron chi connectivity index (χ3n) is 5.65. The highest BCUT2D eigenvalue weighted by atomic mass is 16.7. The maximum atomic E-state index is 13.5. The van der Waals surface area contributed by atoms with Crippen molar-refractivity contribution in [3.05, 3.63) is 84.1 Å². The quantitative estimate of drug-likeness (QED) is 0.483. The maximum absolute atomic E-state index is 13.5. The summed E-state index contributed by atoms with van der Waals surface area (Å²) in [6.45, 7) is 2.01. The van der Waals surface area contributed by atoms with E-state index in [1.807, 2.05) is 37.3 Å². The molecular weight excluding hydrogens is 434 g/mol. The topological polar surface area (TPSA) is 116 Å². The first kappa shape index (κ1) is 19.9.